The molecule has 1 N–H and O–H groups in total. The lowest BCUT2D eigenvalue weighted by Crippen LogP contribution is -2.12. The van der Waals surface area contributed by atoms with Crippen LogP contribution in [0.25, 0.3) is 0 Å². The van der Waals surface area contributed by atoms with Crippen molar-refractivity contribution in [2.45, 2.75) is 6.18 Å². The summed E-state index contributed by atoms with van der Waals surface area (Å²) in [6, 6.07) is 1.98. The summed E-state index contributed by atoms with van der Waals surface area (Å²) in [5.41, 5.74) is -2.19. The van der Waals surface area contributed by atoms with Crippen molar-refractivity contribution in [2.75, 3.05) is 6.26 Å². The van der Waals surface area contributed by atoms with Crippen molar-refractivity contribution in [3.05, 3.63) is 33.9 Å². The van der Waals surface area contributed by atoms with Crippen LogP contribution in [0, 0.1) is 21.6 Å². The van der Waals surface area contributed by atoms with Gasteiger partial charge in [0.1, 0.15) is 5.69 Å². The highest BCUT2D eigenvalue weighted by molar-refractivity contribution is 8.13. The lowest BCUT2D eigenvalue weighted by molar-refractivity contribution is -0.384. The number of thioether (sulfide) groups is 1. The SMILES string of the molecule is CSC(=Nc1ccc(C(F)(F)F)cc1[N+](=O)[O-])NC#N. The molecule has 0 heterocycles. The second-order valence-corrected chi connectivity index (χ2v) is 4.11. The van der Waals surface area contributed by atoms with Crippen LogP contribution < -0.4 is 5.32 Å². The Morgan fingerprint density at radius 2 is 2.20 bits per heavy atom. The zero-order valence-corrected chi connectivity index (χ0v) is 10.7. The van der Waals surface area contributed by atoms with Crippen LogP contribution in [-0.2, 0) is 6.18 Å². The Bertz CT molecular complexity index is 595. The summed E-state index contributed by atoms with van der Waals surface area (Å²) in [5, 5.41) is 21.4. The molecule has 0 aliphatic carbocycles. The van der Waals surface area contributed by atoms with Gasteiger partial charge in [0.15, 0.2) is 11.4 Å². The van der Waals surface area contributed by atoms with Gasteiger partial charge in [-0.15, -0.1) is 0 Å². The fraction of sp³-hybridized carbons (Fsp3) is 0.200. The minimum Gasteiger partial charge on any atom is -0.271 e. The Morgan fingerprint density at radius 1 is 1.55 bits per heavy atom. The average Bonchev–Trinajstić information content (AvgIpc) is 2.36. The molecule has 1 aromatic carbocycles. The first kappa shape index (κ1) is 15.8. The van der Waals surface area contributed by atoms with Crippen molar-refractivity contribution >= 4 is 28.3 Å². The molecule has 0 fully saturated rings. The molecule has 0 saturated carbocycles. The first-order chi connectivity index (χ1) is 9.29. The molecular weight excluding hydrogens is 297 g/mol. The van der Waals surface area contributed by atoms with Crippen LogP contribution in [0.1, 0.15) is 5.56 Å². The lowest BCUT2D eigenvalue weighted by Gasteiger charge is -2.07. The number of aliphatic imine (C=N–C) groups is 1. The first-order valence-electron chi connectivity index (χ1n) is 4.93. The van der Waals surface area contributed by atoms with Crippen LogP contribution in [0.4, 0.5) is 24.5 Å². The third-order valence-corrected chi connectivity index (χ3v) is 2.66. The van der Waals surface area contributed by atoms with E-state index < -0.39 is 22.4 Å². The van der Waals surface area contributed by atoms with Crippen LogP contribution in [0.2, 0.25) is 0 Å². The van der Waals surface area contributed by atoms with Gasteiger partial charge in [0.2, 0.25) is 0 Å². The summed E-state index contributed by atoms with van der Waals surface area (Å²) < 4.78 is 37.5. The van der Waals surface area contributed by atoms with Crippen molar-refractivity contribution in [3.63, 3.8) is 0 Å². The maximum Gasteiger partial charge on any atom is 0.416 e. The van der Waals surface area contributed by atoms with Gasteiger partial charge in [-0.05, 0) is 18.4 Å². The Labute approximate surface area is 115 Å². The quantitative estimate of drug-likeness (QED) is 0.226. The van der Waals surface area contributed by atoms with Crippen molar-refractivity contribution in [2.24, 2.45) is 4.99 Å². The van der Waals surface area contributed by atoms with E-state index >= 15 is 0 Å². The predicted octanol–water partition coefficient (Wildman–Crippen LogP) is 3.03. The van der Waals surface area contributed by atoms with Gasteiger partial charge in [-0.25, -0.2) is 4.99 Å². The Kier molecular flexibility index (Phi) is 4.93. The highest BCUT2D eigenvalue weighted by Crippen LogP contribution is 2.36. The van der Waals surface area contributed by atoms with Crippen LogP contribution in [0.3, 0.4) is 0 Å². The van der Waals surface area contributed by atoms with Gasteiger partial charge in [-0.2, -0.15) is 18.4 Å². The van der Waals surface area contributed by atoms with E-state index in [9.17, 15) is 23.3 Å². The second-order valence-electron chi connectivity index (χ2n) is 3.32. The Balaban J connectivity index is 3.35. The third-order valence-electron chi connectivity index (χ3n) is 2.08. The van der Waals surface area contributed by atoms with Crippen molar-refractivity contribution in [1.29, 1.82) is 5.26 Å². The number of rotatable bonds is 2. The van der Waals surface area contributed by atoms with E-state index in [4.69, 9.17) is 5.26 Å². The number of nitro benzene ring substituents is 1. The van der Waals surface area contributed by atoms with Gasteiger partial charge in [-0.3, -0.25) is 15.4 Å². The summed E-state index contributed by atoms with van der Waals surface area (Å²) in [5.74, 6) is 0. The van der Waals surface area contributed by atoms with Gasteiger partial charge in [-0.1, -0.05) is 11.8 Å². The highest BCUT2D eigenvalue weighted by atomic mass is 32.2. The van der Waals surface area contributed by atoms with Crippen molar-refractivity contribution in [1.82, 2.24) is 5.32 Å². The van der Waals surface area contributed by atoms with Gasteiger partial charge in [0.25, 0.3) is 5.69 Å². The van der Waals surface area contributed by atoms with Gasteiger partial charge >= 0.3 is 6.18 Å². The molecule has 0 aromatic heterocycles. The second kappa shape index (κ2) is 6.25. The molecule has 0 spiro atoms. The number of hydrogen-bond acceptors (Lipinski definition) is 5. The van der Waals surface area contributed by atoms with Crippen LogP contribution >= 0.6 is 11.8 Å². The minimum absolute atomic E-state index is 0.0374. The fourth-order valence-corrected chi connectivity index (χ4v) is 1.56. The van der Waals surface area contributed by atoms with Gasteiger partial charge < -0.3 is 0 Å². The molecule has 0 aliphatic heterocycles. The molecule has 1 aromatic rings. The normalized spacial score (nSPS) is 11.8. The topological polar surface area (TPSA) is 91.3 Å². The lowest BCUT2D eigenvalue weighted by atomic mass is 10.1. The van der Waals surface area contributed by atoms with Crippen molar-refractivity contribution < 1.29 is 18.1 Å². The maximum absolute atomic E-state index is 12.5. The summed E-state index contributed by atoms with van der Waals surface area (Å²) in [6.07, 6.45) is -1.55. The molecule has 106 valence electrons. The molecule has 6 nitrogen and oxygen atoms in total. The molecule has 0 unspecified atom stereocenters. The molecule has 1 rings (SSSR count). The molecule has 20 heavy (non-hydrogen) atoms. The Morgan fingerprint density at radius 3 is 2.65 bits per heavy atom. The number of nitrogens with one attached hydrogen (secondary N) is 1. The monoisotopic (exact) mass is 304 g/mol. The summed E-state index contributed by atoms with van der Waals surface area (Å²) in [7, 11) is 0. The fourth-order valence-electron chi connectivity index (χ4n) is 1.22. The van der Waals surface area contributed by atoms with Gasteiger partial charge in [0.05, 0.1) is 10.5 Å². The molecule has 0 saturated heterocycles. The van der Waals surface area contributed by atoms with Gasteiger partial charge in [0, 0.05) is 6.07 Å². The summed E-state index contributed by atoms with van der Waals surface area (Å²) >= 11 is 0.991. The maximum atomic E-state index is 12.5. The number of alkyl halides is 3. The standard InChI is InChI=1S/C10H7F3N4O2S/c1-20-9(15-5-14)16-7-3-2-6(10(11,12)13)4-8(7)17(18)19/h2-4H,1H3,(H,15,16). The predicted molar refractivity (Wildman–Crippen MR) is 67.5 cm³/mol. The summed E-state index contributed by atoms with van der Waals surface area (Å²) in [4.78, 5) is 13.6. The molecular formula is C10H7F3N4O2S. The van der Waals surface area contributed by atoms with E-state index in [1.165, 1.54) is 0 Å². The number of nitriles is 1. The molecule has 10 heteroatoms. The van der Waals surface area contributed by atoms with Crippen LogP contribution in [0.15, 0.2) is 23.2 Å². The average molecular weight is 304 g/mol. The smallest absolute Gasteiger partial charge is 0.271 e. The van der Waals surface area contributed by atoms with Crippen molar-refractivity contribution in [3.8, 4) is 6.19 Å². The largest absolute Gasteiger partial charge is 0.416 e. The molecule has 0 bridgehead atoms. The van der Waals surface area contributed by atoms with E-state index in [0.717, 1.165) is 17.8 Å². The van der Waals surface area contributed by atoms with E-state index in [2.05, 4.69) is 10.3 Å². The van der Waals surface area contributed by atoms with Crippen LogP contribution in [-0.4, -0.2) is 16.3 Å². The number of nitrogens with zero attached hydrogens (tertiary/aromatic N) is 3. The molecule has 0 radical (unpaired) electrons. The highest BCUT2D eigenvalue weighted by Gasteiger charge is 2.33. The molecule has 0 atom stereocenters. The minimum atomic E-state index is -4.68. The number of nitro groups is 1. The van der Waals surface area contributed by atoms with E-state index in [1.54, 1.807) is 12.4 Å². The number of benzene rings is 1. The van der Waals surface area contributed by atoms with E-state index in [-0.39, 0.29) is 10.9 Å². The summed E-state index contributed by atoms with van der Waals surface area (Å²) in [6.45, 7) is 0. The zero-order valence-electron chi connectivity index (χ0n) is 9.93. The van der Waals surface area contributed by atoms with E-state index in [0.29, 0.717) is 12.1 Å². The van der Waals surface area contributed by atoms with E-state index in [1.807, 2.05) is 0 Å². The number of amidine groups is 1. The number of halogens is 3. The molecule has 0 aliphatic rings. The number of hydrogen-bond donors (Lipinski definition) is 1. The third kappa shape index (κ3) is 3.86. The van der Waals surface area contributed by atoms with Crippen LogP contribution in [0.5, 0.6) is 0 Å². The Hall–Kier alpha value is -2.28. The first-order valence-corrected chi connectivity index (χ1v) is 6.15. The molecule has 0 amide bonds. The zero-order chi connectivity index (χ0) is 15.3.